The lowest BCUT2D eigenvalue weighted by Gasteiger charge is -2.21. The summed E-state index contributed by atoms with van der Waals surface area (Å²) < 4.78 is 27.4. The van der Waals surface area contributed by atoms with Gasteiger partial charge in [0.15, 0.2) is 0 Å². The van der Waals surface area contributed by atoms with Gasteiger partial charge in [-0.05, 0) is 87.1 Å². The number of ether oxygens (including phenoxy) is 2. The highest BCUT2D eigenvalue weighted by Crippen LogP contribution is 2.38. The van der Waals surface area contributed by atoms with Crippen molar-refractivity contribution >= 4 is 44.8 Å². The van der Waals surface area contributed by atoms with Gasteiger partial charge in [0.05, 0.1) is 24.8 Å². The quantitative estimate of drug-likeness (QED) is 0.224. The van der Waals surface area contributed by atoms with E-state index in [2.05, 4.69) is 22.1 Å². The summed E-state index contributed by atoms with van der Waals surface area (Å²) in [4.78, 5) is 25.7. The Balaban J connectivity index is 1.84. The highest BCUT2D eigenvalue weighted by Gasteiger charge is 2.25. The predicted octanol–water partition coefficient (Wildman–Crippen LogP) is 7.80. The number of halogens is 2. The van der Waals surface area contributed by atoms with Crippen LogP contribution in [0.2, 0.25) is 0 Å². The normalized spacial score (nSPS) is 15.1. The average Bonchev–Trinajstić information content (AvgIpc) is 3.22. The fourth-order valence-electron chi connectivity index (χ4n) is 4.94. The monoisotopic (exact) mass is 569 g/mol. The summed E-state index contributed by atoms with van der Waals surface area (Å²) >= 11 is 3.46. The van der Waals surface area contributed by atoms with E-state index in [0.717, 1.165) is 23.7 Å². The Bertz CT molecular complexity index is 1350. The molecule has 4 rings (SSSR count). The lowest BCUT2D eigenvalue weighted by molar-refractivity contribution is -0.150. The number of hydrogen-bond acceptors (Lipinski definition) is 4. The number of methoxy groups -OCH3 is 1. The van der Waals surface area contributed by atoms with Crippen molar-refractivity contribution in [2.75, 3.05) is 7.11 Å². The van der Waals surface area contributed by atoms with Crippen LogP contribution in [0.15, 0.2) is 52.6 Å². The number of carbonyl (C=O) groups is 2. The second-order valence-electron chi connectivity index (χ2n) is 10.6. The van der Waals surface area contributed by atoms with E-state index in [1.165, 1.54) is 44.1 Å². The van der Waals surface area contributed by atoms with E-state index in [-0.39, 0.29) is 6.54 Å². The first-order valence-electron chi connectivity index (χ1n) is 12.7. The molecule has 0 saturated heterocycles. The van der Waals surface area contributed by atoms with Crippen molar-refractivity contribution in [3.05, 3.63) is 75.1 Å². The summed E-state index contributed by atoms with van der Waals surface area (Å²) in [6, 6.07) is 9.94. The number of esters is 2. The largest absolute Gasteiger partial charge is 0.465 e. The lowest BCUT2D eigenvalue weighted by Crippen LogP contribution is -2.26. The highest BCUT2D eigenvalue weighted by atomic mass is 79.9. The minimum atomic E-state index is -0.695. The van der Waals surface area contributed by atoms with E-state index in [0.29, 0.717) is 27.1 Å². The van der Waals surface area contributed by atoms with Crippen molar-refractivity contribution in [2.24, 2.45) is 0 Å². The molecule has 0 spiro atoms. The molecule has 2 aromatic carbocycles. The molecule has 0 unspecified atom stereocenters. The van der Waals surface area contributed by atoms with Crippen molar-refractivity contribution in [3.8, 4) is 0 Å². The van der Waals surface area contributed by atoms with Crippen molar-refractivity contribution in [2.45, 2.75) is 70.9 Å². The Labute approximate surface area is 225 Å². The fourth-order valence-corrected chi connectivity index (χ4v) is 5.31. The molecule has 1 aromatic heterocycles. The SMILES string of the molecule is COC(=O)c1ccc2c(C3CCCCC3)cn(CC(=Cc3cc(F)ccc3Br)C(=O)OC(C)(C)C)c2c1. The summed E-state index contributed by atoms with van der Waals surface area (Å²) in [6.45, 7) is 5.65. The lowest BCUT2D eigenvalue weighted by atomic mass is 9.84. The molecule has 1 fully saturated rings. The van der Waals surface area contributed by atoms with Gasteiger partial charge >= 0.3 is 11.9 Å². The molecule has 1 aliphatic carbocycles. The molecular formula is C30H33BrFNO4. The average molecular weight is 570 g/mol. The summed E-state index contributed by atoms with van der Waals surface area (Å²) in [5.41, 5.74) is 2.73. The van der Waals surface area contributed by atoms with Crippen LogP contribution >= 0.6 is 15.9 Å². The van der Waals surface area contributed by atoms with Crippen molar-refractivity contribution < 1.29 is 23.5 Å². The first kappa shape index (κ1) is 27.1. The topological polar surface area (TPSA) is 57.5 Å². The molecule has 196 valence electrons. The molecule has 0 bridgehead atoms. The molecule has 0 atom stereocenters. The maximum Gasteiger partial charge on any atom is 0.337 e. The van der Waals surface area contributed by atoms with Crippen LogP contribution in [0.25, 0.3) is 17.0 Å². The summed E-state index contributed by atoms with van der Waals surface area (Å²) in [6.07, 6.45) is 9.61. The van der Waals surface area contributed by atoms with E-state index >= 15 is 0 Å². The maximum atomic E-state index is 14.1. The summed E-state index contributed by atoms with van der Waals surface area (Å²) in [5, 5.41) is 1.06. The summed E-state index contributed by atoms with van der Waals surface area (Å²) in [5.74, 6) is -0.867. The number of hydrogen-bond donors (Lipinski definition) is 0. The van der Waals surface area contributed by atoms with E-state index in [4.69, 9.17) is 9.47 Å². The second-order valence-corrected chi connectivity index (χ2v) is 11.5. The van der Waals surface area contributed by atoms with Crippen LogP contribution in [0.1, 0.15) is 80.3 Å². The second kappa shape index (κ2) is 11.2. The fraction of sp³-hybridized carbons (Fsp3) is 0.400. The number of rotatable bonds is 6. The number of fused-ring (bicyclic) bond motifs is 1. The standard InChI is InChI=1S/C30H33BrFNO4/c1-30(2,3)37-29(35)22(14-21-15-23(32)11-13-26(21)31)17-33-18-25(19-8-6-5-7-9-19)24-12-10-20(16-27(24)33)28(34)36-4/h10-16,18-19H,5-9,17H2,1-4H3. The predicted molar refractivity (Wildman–Crippen MR) is 147 cm³/mol. The van der Waals surface area contributed by atoms with Crippen LogP contribution in [-0.2, 0) is 20.8 Å². The molecule has 0 aliphatic heterocycles. The summed E-state index contributed by atoms with van der Waals surface area (Å²) in [7, 11) is 1.36. The van der Waals surface area contributed by atoms with Gasteiger partial charge in [-0.1, -0.05) is 41.3 Å². The number of aromatic nitrogens is 1. The molecule has 1 aliphatic rings. The molecule has 3 aromatic rings. The zero-order valence-electron chi connectivity index (χ0n) is 21.8. The minimum absolute atomic E-state index is 0.200. The molecule has 1 saturated carbocycles. The molecular weight excluding hydrogens is 537 g/mol. The Morgan fingerprint density at radius 3 is 2.51 bits per heavy atom. The third kappa shape index (κ3) is 6.50. The molecule has 7 heteroatoms. The Kier molecular flexibility index (Phi) is 8.22. The van der Waals surface area contributed by atoms with Gasteiger partial charge in [-0.2, -0.15) is 0 Å². The van der Waals surface area contributed by atoms with Gasteiger partial charge < -0.3 is 14.0 Å². The van der Waals surface area contributed by atoms with Crippen LogP contribution in [0, 0.1) is 5.82 Å². The van der Waals surface area contributed by atoms with Gasteiger partial charge in [0, 0.05) is 21.6 Å². The van der Waals surface area contributed by atoms with E-state index < -0.39 is 23.4 Å². The van der Waals surface area contributed by atoms with Crippen LogP contribution in [0.3, 0.4) is 0 Å². The number of benzene rings is 2. The molecule has 1 heterocycles. The zero-order chi connectivity index (χ0) is 26.7. The van der Waals surface area contributed by atoms with Crippen LogP contribution in [0.5, 0.6) is 0 Å². The van der Waals surface area contributed by atoms with Crippen molar-refractivity contribution in [3.63, 3.8) is 0 Å². The van der Waals surface area contributed by atoms with Gasteiger partial charge in [-0.25, -0.2) is 14.0 Å². The number of nitrogens with zero attached hydrogens (tertiary/aromatic N) is 1. The molecule has 0 N–H and O–H groups in total. The van der Waals surface area contributed by atoms with Gasteiger partial charge in [0.2, 0.25) is 0 Å². The third-order valence-electron chi connectivity index (χ3n) is 6.67. The Morgan fingerprint density at radius 1 is 1.11 bits per heavy atom. The van der Waals surface area contributed by atoms with E-state index in [1.807, 2.05) is 37.5 Å². The smallest absolute Gasteiger partial charge is 0.337 e. The first-order chi connectivity index (χ1) is 17.6. The van der Waals surface area contributed by atoms with Gasteiger partial charge in [0.25, 0.3) is 0 Å². The van der Waals surface area contributed by atoms with Crippen molar-refractivity contribution in [1.82, 2.24) is 4.57 Å². The number of carbonyl (C=O) groups excluding carboxylic acids is 2. The maximum absolute atomic E-state index is 14.1. The Hall–Kier alpha value is -2.93. The molecule has 0 amide bonds. The molecule has 0 radical (unpaired) electrons. The molecule has 5 nitrogen and oxygen atoms in total. The van der Waals surface area contributed by atoms with Crippen LogP contribution in [0.4, 0.5) is 4.39 Å². The van der Waals surface area contributed by atoms with E-state index in [9.17, 15) is 14.0 Å². The van der Waals surface area contributed by atoms with Crippen LogP contribution in [-0.4, -0.2) is 29.2 Å². The van der Waals surface area contributed by atoms with Gasteiger partial charge in [-0.3, -0.25) is 0 Å². The molecule has 37 heavy (non-hydrogen) atoms. The highest BCUT2D eigenvalue weighted by molar-refractivity contribution is 9.10. The van der Waals surface area contributed by atoms with Gasteiger partial charge in [-0.15, -0.1) is 0 Å². The zero-order valence-corrected chi connectivity index (χ0v) is 23.4. The Morgan fingerprint density at radius 2 is 1.84 bits per heavy atom. The third-order valence-corrected chi connectivity index (χ3v) is 7.39. The van der Waals surface area contributed by atoms with Gasteiger partial charge in [0.1, 0.15) is 11.4 Å². The van der Waals surface area contributed by atoms with Crippen molar-refractivity contribution in [1.29, 1.82) is 0 Å². The van der Waals surface area contributed by atoms with Crippen LogP contribution < -0.4 is 0 Å². The first-order valence-corrected chi connectivity index (χ1v) is 13.4. The minimum Gasteiger partial charge on any atom is -0.465 e. The van der Waals surface area contributed by atoms with E-state index in [1.54, 1.807) is 18.2 Å².